The summed E-state index contributed by atoms with van der Waals surface area (Å²) < 4.78 is 29.1. The third-order valence-electron chi connectivity index (χ3n) is 6.08. The number of thiocarbonyl (C=S) groups is 1. The van der Waals surface area contributed by atoms with E-state index in [9.17, 15) is 13.6 Å². The van der Waals surface area contributed by atoms with Gasteiger partial charge in [-0.1, -0.05) is 12.1 Å². The Kier molecular flexibility index (Phi) is 6.73. The minimum atomic E-state index is -0.369. The number of nitrogens with zero attached hydrogens (tertiary/aromatic N) is 3. The van der Waals surface area contributed by atoms with Crippen LogP contribution in [0.3, 0.4) is 0 Å². The summed E-state index contributed by atoms with van der Waals surface area (Å²) in [7, 11) is 0. The molecule has 2 aromatic heterocycles. The molecule has 36 heavy (non-hydrogen) atoms. The number of amides is 1. The number of halogens is 2. The van der Waals surface area contributed by atoms with Crippen molar-refractivity contribution < 1.29 is 13.6 Å². The van der Waals surface area contributed by atoms with Crippen molar-refractivity contribution in [3.05, 3.63) is 114 Å². The molecule has 4 aromatic rings. The van der Waals surface area contributed by atoms with E-state index in [4.69, 9.17) is 12.2 Å². The molecular weight excluding hydrogens is 480 g/mol. The van der Waals surface area contributed by atoms with Crippen molar-refractivity contribution in [3.63, 3.8) is 0 Å². The molecule has 0 aliphatic carbocycles. The van der Waals surface area contributed by atoms with Crippen molar-refractivity contribution in [2.24, 2.45) is 0 Å². The predicted molar refractivity (Wildman–Crippen MR) is 138 cm³/mol. The number of benzene rings is 2. The maximum absolute atomic E-state index is 14.0. The van der Waals surface area contributed by atoms with Crippen LogP contribution < -0.4 is 10.6 Å². The number of pyridine rings is 1. The fourth-order valence-electron chi connectivity index (χ4n) is 4.44. The SMILES string of the molecule is O=C(CCN1C(=S)NC(c2ccccn2)C1c1cccn1-c1cccc(F)c1)Nc1ccc(F)cc1. The third kappa shape index (κ3) is 4.96. The Balaban J connectivity index is 1.44. The van der Waals surface area contributed by atoms with E-state index in [1.807, 2.05) is 52.1 Å². The first kappa shape index (κ1) is 23.6. The average Bonchev–Trinajstić information content (AvgIpc) is 3.49. The second kappa shape index (κ2) is 10.2. The van der Waals surface area contributed by atoms with Gasteiger partial charge in [0.2, 0.25) is 5.91 Å². The highest BCUT2D eigenvalue weighted by molar-refractivity contribution is 7.80. The Morgan fingerprint density at radius 3 is 2.58 bits per heavy atom. The molecule has 2 unspecified atom stereocenters. The monoisotopic (exact) mass is 503 g/mol. The largest absolute Gasteiger partial charge is 0.352 e. The van der Waals surface area contributed by atoms with Gasteiger partial charge in [-0.2, -0.15) is 0 Å². The molecular formula is C27H23F2N5OS. The second-order valence-electron chi connectivity index (χ2n) is 8.41. The van der Waals surface area contributed by atoms with Crippen LogP contribution in [0.1, 0.15) is 29.9 Å². The Bertz CT molecular complexity index is 1380. The number of anilines is 1. The van der Waals surface area contributed by atoms with E-state index in [0.29, 0.717) is 23.0 Å². The van der Waals surface area contributed by atoms with Crippen molar-refractivity contribution >= 4 is 28.9 Å². The first-order chi connectivity index (χ1) is 17.5. The van der Waals surface area contributed by atoms with Gasteiger partial charge in [-0.05, 0) is 78.9 Å². The van der Waals surface area contributed by atoms with Crippen molar-refractivity contribution in [1.82, 2.24) is 19.8 Å². The van der Waals surface area contributed by atoms with Gasteiger partial charge in [0.15, 0.2) is 5.11 Å². The zero-order valence-corrected chi connectivity index (χ0v) is 20.0. The van der Waals surface area contributed by atoms with Gasteiger partial charge in [0.05, 0.1) is 17.8 Å². The second-order valence-corrected chi connectivity index (χ2v) is 8.79. The van der Waals surface area contributed by atoms with E-state index in [0.717, 1.165) is 11.4 Å². The van der Waals surface area contributed by atoms with Crippen LogP contribution in [0.25, 0.3) is 5.69 Å². The van der Waals surface area contributed by atoms with Gasteiger partial charge in [-0.15, -0.1) is 0 Å². The van der Waals surface area contributed by atoms with Gasteiger partial charge in [-0.3, -0.25) is 9.78 Å². The maximum atomic E-state index is 14.0. The molecule has 1 aliphatic heterocycles. The zero-order chi connectivity index (χ0) is 25.1. The van der Waals surface area contributed by atoms with E-state index in [1.54, 1.807) is 12.3 Å². The highest BCUT2D eigenvalue weighted by Crippen LogP contribution is 2.39. The lowest BCUT2D eigenvalue weighted by Gasteiger charge is -2.28. The van der Waals surface area contributed by atoms with Crippen LogP contribution in [0.2, 0.25) is 0 Å². The predicted octanol–water partition coefficient (Wildman–Crippen LogP) is 5.15. The van der Waals surface area contributed by atoms with Crippen LogP contribution in [0, 0.1) is 11.6 Å². The van der Waals surface area contributed by atoms with Crippen LogP contribution in [0.5, 0.6) is 0 Å². The van der Waals surface area contributed by atoms with E-state index < -0.39 is 0 Å². The van der Waals surface area contributed by atoms with E-state index >= 15 is 0 Å². The molecule has 2 N–H and O–H groups in total. The Morgan fingerprint density at radius 2 is 1.83 bits per heavy atom. The number of rotatable bonds is 7. The molecule has 0 bridgehead atoms. The third-order valence-corrected chi connectivity index (χ3v) is 6.43. The first-order valence-corrected chi connectivity index (χ1v) is 11.9. The maximum Gasteiger partial charge on any atom is 0.226 e. The molecule has 2 aromatic carbocycles. The standard InChI is InChI=1S/C27H23F2N5OS/c28-18-9-11-20(12-10-18)31-24(35)13-16-34-26(25(32-27(34)36)22-7-1-2-14-30-22)23-8-4-15-33(23)21-6-3-5-19(29)17-21/h1-12,14-15,17,25-26H,13,16H2,(H,31,35)(H,32,36). The lowest BCUT2D eigenvalue weighted by molar-refractivity contribution is -0.116. The van der Waals surface area contributed by atoms with Gasteiger partial charge in [0.25, 0.3) is 0 Å². The molecule has 0 spiro atoms. The van der Waals surface area contributed by atoms with Gasteiger partial charge < -0.3 is 20.1 Å². The van der Waals surface area contributed by atoms with Gasteiger partial charge in [0, 0.05) is 42.4 Å². The van der Waals surface area contributed by atoms with Crippen LogP contribution >= 0.6 is 12.2 Å². The fraction of sp³-hybridized carbons (Fsp3) is 0.148. The quantitative estimate of drug-likeness (QED) is 0.342. The van der Waals surface area contributed by atoms with Crippen LogP contribution in [-0.2, 0) is 4.79 Å². The molecule has 1 amide bonds. The number of carbonyl (C=O) groups excluding carboxylic acids is 1. The summed E-state index contributed by atoms with van der Waals surface area (Å²) in [6, 6.07) is 21.0. The lowest BCUT2D eigenvalue weighted by Crippen LogP contribution is -2.33. The van der Waals surface area contributed by atoms with Crippen LogP contribution in [0.4, 0.5) is 14.5 Å². The molecule has 1 saturated heterocycles. The molecule has 0 saturated carbocycles. The molecule has 0 radical (unpaired) electrons. The van der Waals surface area contributed by atoms with Crippen molar-refractivity contribution in [1.29, 1.82) is 0 Å². The number of hydrogen-bond donors (Lipinski definition) is 2. The minimum absolute atomic E-state index is 0.158. The average molecular weight is 504 g/mol. The number of aromatic nitrogens is 2. The summed E-state index contributed by atoms with van der Waals surface area (Å²) in [5, 5.41) is 6.65. The Hall–Kier alpha value is -4.11. The summed E-state index contributed by atoms with van der Waals surface area (Å²) in [5.74, 6) is -0.918. The molecule has 5 rings (SSSR count). The number of hydrogen-bond acceptors (Lipinski definition) is 3. The molecule has 1 fully saturated rings. The summed E-state index contributed by atoms with van der Waals surface area (Å²) in [5.41, 5.74) is 2.88. The highest BCUT2D eigenvalue weighted by Gasteiger charge is 2.41. The summed E-state index contributed by atoms with van der Waals surface area (Å²) >= 11 is 5.69. The summed E-state index contributed by atoms with van der Waals surface area (Å²) in [4.78, 5) is 19.2. The van der Waals surface area contributed by atoms with Crippen molar-refractivity contribution in [2.75, 3.05) is 11.9 Å². The van der Waals surface area contributed by atoms with Crippen LogP contribution in [-0.4, -0.2) is 32.0 Å². The van der Waals surface area contributed by atoms with E-state index in [-0.39, 0.29) is 36.0 Å². The molecule has 1 aliphatic rings. The first-order valence-electron chi connectivity index (χ1n) is 11.5. The molecule has 2 atom stereocenters. The van der Waals surface area contributed by atoms with Gasteiger partial charge in [0.1, 0.15) is 11.6 Å². The fourth-order valence-corrected chi connectivity index (χ4v) is 4.77. The van der Waals surface area contributed by atoms with Gasteiger partial charge >= 0.3 is 0 Å². The van der Waals surface area contributed by atoms with Crippen molar-refractivity contribution in [2.45, 2.75) is 18.5 Å². The minimum Gasteiger partial charge on any atom is -0.352 e. The molecule has 3 heterocycles. The Morgan fingerprint density at radius 1 is 1.00 bits per heavy atom. The van der Waals surface area contributed by atoms with Crippen LogP contribution in [0.15, 0.2) is 91.3 Å². The van der Waals surface area contributed by atoms with E-state index in [2.05, 4.69) is 15.6 Å². The van der Waals surface area contributed by atoms with Gasteiger partial charge in [-0.25, -0.2) is 8.78 Å². The van der Waals surface area contributed by atoms with E-state index in [1.165, 1.54) is 36.4 Å². The highest BCUT2D eigenvalue weighted by atomic mass is 32.1. The zero-order valence-electron chi connectivity index (χ0n) is 19.1. The normalized spacial score (nSPS) is 17.2. The lowest BCUT2D eigenvalue weighted by atomic mass is 10.0. The number of nitrogens with one attached hydrogen (secondary N) is 2. The van der Waals surface area contributed by atoms with Crippen molar-refractivity contribution in [3.8, 4) is 5.69 Å². The summed E-state index contributed by atoms with van der Waals surface area (Å²) in [6.07, 6.45) is 3.76. The Labute approximate surface area is 212 Å². The number of carbonyl (C=O) groups is 1. The topological polar surface area (TPSA) is 62.2 Å². The summed E-state index contributed by atoms with van der Waals surface area (Å²) in [6.45, 7) is 0.335. The smallest absolute Gasteiger partial charge is 0.226 e. The molecule has 182 valence electrons. The molecule has 9 heteroatoms. The molecule has 6 nitrogen and oxygen atoms in total.